The monoisotopic (exact) mass is 316 g/mol. The zero-order valence-corrected chi connectivity index (χ0v) is 14.0. The van der Waals surface area contributed by atoms with E-state index in [0.29, 0.717) is 6.04 Å². The number of carbonyl (C=O) groups excluding carboxylic acids is 1. The van der Waals surface area contributed by atoms with E-state index in [-0.39, 0.29) is 17.9 Å². The molecule has 2 unspecified atom stereocenters. The molecule has 1 N–H and O–H groups in total. The number of ether oxygens (including phenoxy) is 1. The molecule has 1 amide bonds. The van der Waals surface area contributed by atoms with Crippen molar-refractivity contribution in [3.05, 3.63) is 35.9 Å². The van der Waals surface area contributed by atoms with E-state index in [4.69, 9.17) is 4.74 Å². The predicted octanol–water partition coefficient (Wildman–Crippen LogP) is 2.23. The van der Waals surface area contributed by atoms with Crippen LogP contribution < -0.4 is 5.32 Å². The Balaban J connectivity index is 1.37. The number of likely N-dealkylation sites (tertiary alicyclic amines) is 1. The van der Waals surface area contributed by atoms with Gasteiger partial charge in [-0.2, -0.15) is 0 Å². The maximum absolute atomic E-state index is 12.3. The van der Waals surface area contributed by atoms with Gasteiger partial charge in [0.2, 0.25) is 5.91 Å². The highest BCUT2D eigenvalue weighted by Gasteiger charge is 2.32. The number of nitrogens with zero attached hydrogens (tertiary/aromatic N) is 1. The fourth-order valence-electron chi connectivity index (χ4n) is 3.62. The number of hydrogen-bond acceptors (Lipinski definition) is 3. The second-order valence-corrected chi connectivity index (χ2v) is 6.83. The number of nitrogens with one attached hydrogen (secondary N) is 1. The first kappa shape index (κ1) is 16.5. The number of carbonyl (C=O) groups is 1. The average Bonchev–Trinajstić information content (AvgIpc) is 3.01. The summed E-state index contributed by atoms with van der Waals surface area (Å²) in [4.78, 5) is 14.8. The Hall–Kier alpha value is -1.39. The molecular formula is C19H28N2O2. The second-order valence-electron chi connectivity index (χ2n) is 6.83. The lowest BCUT2D eigenvalue weighted by atomic mass is 9.99. The first-order valence-corrected chi connectivity index (χ1v) is 8.90. The molecule has 4 nitrogen and oxygen atoms in total. The lowest BCUT2D eigenvalue weighted by Gasteiger charge is -2.33. The first-order valence-electron chi connectivity index (χ1n) is 8.90. The van der Waals surface area contributed by atoms with Gasteiger partial charge in [-0.05, 0) is 38.2 Å². The Bertz CT molecular complexity index is 497. The van der Waals surface area contributed by atoms with Crippen molar-refractivity contribution in [2.24, 2.45) is 5.92 Å². The van der Waals surface area contributed by atoms with Crippen molar-refractivity contribution in [1.82, 2.24) is 10.2 Å². The van der Waals surface area contributed by atoms with Crippen molar-refractivity contribution in [2.75, 3.05) is 26.2 Å². The zero-order chi connectivity index (χ0) is 16.1. The molecule has 3 rings (SSSR count). The number of benzene rings is 1. The summed E-state index contributed by atoms with van der Waals surface area (Å²) in [6.07, 6.45) is 4.16. The summed E-state index contributed by atoms with van der Waals surface area (Å²) in [6.45, 7) is 5.99. The summed E-state index contributed by atoms with van der Waals surface area (Å²) in [5.74, 6) is 0.240. The third-order valence-electron chi connectivity index (χ3n) is 5.21. The Morgan fingerprint density at radius 1 is 1.22 bits per heavy atom. The summed E-state index contributed by atoms with van der Waals surface area (Å²) in [5.41, 5.74) is 1.40. The van der Waals surface area contributed by atoms with Crippen LogP contribution in [-0.4, -0.2) is 49.2 Å². The molecule has 0 spiro atoms. The number of amides is 1. The molecule has 2 atom stereocenters. The van der Waals surface area contributed by atoms with Crippen LogP contribution in [0, 0.1) is 5.92 Å². The molecule has 1 aromatic rings. The lowest BCUT2D eigenvalue weighted by molar-refractivity contribution is -0.127. The van der Waals surface area contributed by atoms with Gasteiger partial charge in [0.15, 0.2) is 0 Å². The quantitative estimate of drug-likeness (QED) is 0.906. The largest absolute Gasteiger partial charge is 0.378 e. The molecule has 2 saturated heterocycles. The molecule has 0 aliphatic carbocycles. The third kappa shape index (κ3) is 4.55. The standard InChI is InChI=1S/C19H28N2O2/c1-15-18(10-14-23-15)19(22)20-17-8-12-21(13-9-17)11-7-16-5-3-2-4-6-16/h2-6,15,17-18H,7-14H2,1H3,(H,20,22). The molecule has 126 valence electrons. The topological polar surface area (TPSA) is 41.6 Å². The van der Waals surface area contributed by atoms with Crippen LogP contribution in [0.1, 0.15) is 31.7 Å². The molecular weight excluding hydrogens is 288 g/mol. The van der Waals surface area contributed by atoms with Gasteiger partial charge in [0.1, 0.15) is 0 Å². The van der Waals surface area contributed by atoms with E-state index in [9.17, 15) is 4.79 Å². The van der Waals surface area contributed by atoms with Gasteiger partial charge in [0, 0.05) is 32.3 Å². The molecule has 0 aromatic heterocycles. The average molecular weight is 316 g/mol. The van der Waals surface area contributed by atoms with E-state index in [0.717, 1.165) is 51.9 Å². The van der Waals surface area contributed by atoms with E-state index in [1.807, 2.05) is 6.92 Å². The summed E-state index contributed by atoms with van der Waals surface area (Å²) in [6, 6.07) is 11.0. The zero-order valence-electron chi connectivity index (χ0n) is 14.0. The Morgan fingerprint density at radius 2 is 1.96 bits per heavy atom. The maximum Gasteiger partial charge on any atom is 0.226 e. The summed E-state index contributed by atoms with van der Waals surface area (Å²) < 4.78 is 5.50. The summed E-state index contributed by atoms with van der Waals surface area (Å²) >= 11 is 0. The maximum atomic E-state index is 12.3. The molecule has 0 bridgehead atoms. The highest BCUT2D eigenvalue weighted by Crippen LogP contribution is 2.21. The van der Waals surface area contributed by atoms with Crippen LogP contribution in [0.25, 0.3) is 0 Å². The van der Waals surface area contributed by atoms with Crippen LogP contribution >= 0.6 is 0 Å². The molecule has 2 fully saturated rings. The Kier molecular flexibility index (Phi) is 5.68. The highest BCUT2D eigenvalue weighted by atomic mass is 16.5. The fourth-order valence-corrected chi connectivity index (χ4v) is 3.62. The molecule has 2 aliphatic heterocycles. The van der Waals surface area contributed by atoms with E-state index in [1.54, 1.807) is 0 Å². The predicted molar refractivity (Wildman–Crippen MR) is 91.3 cm³/mol. The molecule has 2 heterocycles. The van der Waals surface area contributed by atoms with Gasteiger partial charge in [0.05, 0.1) is 12.0 Å². The van der Waals surface area contributed by atoms with Crippen LogP contribution in [-0.2, 0) is 16.0 Å². The normalized spacial score (nSPS) is 26.3. The fraction of sp³-hybridized carbons (Fsp3) is 0.632. The van der Waals surface area contributed by atoms with Crippen molar-refractivity contribution in [3.63, 3.8) is 0 Å². The van der Waals surface area contributed by atoms with E-state index in [2.05, 4.69) is 40.5 Å². The first-order chi connectivity index (χ1) is 11.2. The van der Waals surface area contributed by atoms with Crippen molar-refractivity contribution >= 4 is 5.91 Å². The van der Waals surface area contributed by atoms with E-state index in [1.165, 1.54) is 5.56 Å². The minimum absolute atomic E-state index is 0.0473. The van der Waals surface area contributed by atoms with Gasteiger partial charge in [0.25, 0.3) is 0 Å². The van der Waals surface area contributed by atoms with E-state index < -0.39 is 0 Å². The van der Waals surface area contributed by atoms with Crippen molar-refractivity contribution < 1.29 is 9.53 Å². The Morgan fingerprint density at radius 3 is 2.61 bits per heavy atom. The molecule has 1 aromatic carbocycles. The minimum Gasteiger partial charge on any atom is -0.378 e. The van der Waals surface area contributed by atoms with Crippen LogP contribution in [0.3, 0.4) is 0 Å². The molecule has 23 heavy (non-hydrogen) atoms. The van der Waals surface area contributed by atoms with Gasteiger partial charge in [-0.25, -0.2) is 0 Å². The van der Waals surface area contributed by atoms with Crippen molar-refractivity contribution in [1.29, 1.82) is 0 Å². The highest BCUT2D eigenvalue weighted by molar-refractivity contribution is 5.79. The van der Waals surface area contributed by atoms with E-state index >= 15 is 0 Å². The van der Waals surface area contributed by atoms with Gasteiger partial charge in [-0.3, -0.25) is 4.79 Å². The van der Waals surface area contributed by atoms with Gasteiger partial charge in [-0.15, -0.1) is 0 Å². The number of rotatable bonds is 5. The van der Waals surface area contributed by atoms with Crippen LogP contribution in [0.5, 0.6) is 0 Å². The van der Waals surface area contributed by atoms with Gasteiger partial charge in [-0.1, -0.05) is 30.3 Å². The molecule has 4 heteroatoms. The number of piperidine rings is 1. The Labute approximate surface area is 139 Å². The SMILES string of the molecule is CC1OCCC1C(=O)NC1CCN(CCc2ccccc2)CC1. The van der Waals surface area contributed by atoms with Crippen LogP contribution in [0.4, 0.5) is 0 Å². The second kappa shape index (κ2) is 7.93. The van der Waals surface area contributed by atoms with Gasteiger partial charge >= 0.3 is 0 Å². The van der Waals surface area contributed by atoms with Crippen molar-refractivity contribution in [3.8, 4) is 0 Å². The summed E-state index contributed by atoms with van der Waals surface area (Å²) in [5, 5.41) is 3.24. The van der Waals surface area contributed by atoms with Crippen molar-refractivity contribution in [2.45, 2.75) is 44.8 Å². The van der Waals surface area contributed by atoms with Crippen LogP contribution in [0.2, 0.25) is 0 Å². The molecule has 0 radical (unpaired) electrons. The summed E-state index contributed by atoms with van der Waals surface area (Å²) in [7, 11) is 0. The molecule has 0 saturated carbocycles. The minimum atomic E-state index is 0.0473. The lowest BCUT2D eigenvalue weighted by Crippen LogP contribution is -2.47. The van der Waals surface area contributed by atoms with Crippen LogP contribution in [0.15, 0.2) is 30.3 Å². The van der Waals surface area contributed by atoms with Gasteiger partial charge < -0.3 is 15.0 Å². The smallest absolute Gasteiger partial charge is 0.226 e. The third-order valence-corrected chi connectivity index (χ3v) is 5.21. The molecule has 2 aliphatic rings. The number of hydrogen-bond donors (Lipinski definition) is 1.